The number of nitrogens with one attached hydrogen (secondary N) is 1. The zero-order valence-corrected chi connectivity index (χ0v) is 8.03. The third kappa shape index (κ3) is 1.75. The van der Waals surface area contributed by atoms with Crippen molar-refractivity contribution in [2.45, 2.75) is 6.54 Å². The summed E-state index contributed by atoms with van der Waals surface area (Å²) in [6, 6.07) is 10.2. The first-order valence-electron chi connectivity index (χ1n) is 4.74. The molecule has 0 atom stereocenters. The fourth-order valence-electron chi connectivity index (χ4n) is 1.53. The van der Waals surface area contributed by atoms with Crippen LogP contribution in [0.4, 0.5) is 0 Å². The normalized spacial score (nSPS) is 10.6. The topological polar surface area (TPSA) is 24.9 Å². The maximum absolute atomic E-state index is 4.31. The summed E-state index contributed by atoms with van der Waals surface area (Å²) in [5.74, 6) is 0. The summed E-state index contributed by atoms with van der Waals surface area (Å²) in [6.07, 6.45) is 1.85. The third-order valence-electron chi connectivity index (χ3n) is 2.23. The second-order valence-corrected chi connectivity index (χ2v) is 3.16. The Labute approximate surface area is 84.0 Å². The fourth-order valence-corrected chi connectivity index (χ4v) is 1.53. The van der Waals surface area contributed by atoms with Gasteiger partial charge in [0.15, 0.2) is 0 Å². The second-order valence-electron chi connectivity index (χ2n) is 3.16. The van der Waals surface area contributed by atoms with Crippen LogP contribution in [0.3, 0.4) is 0 Å². The number of fused-ring (bicyclic) bond motifs is 1. The highest BCUT2D eigenvalue weighted by atomic mass is 14.8. The van der Waals surface area contributed by atoms with Gasteiger partial charge >= 0.3 is 0 Å². The Hall–Kier alpha value is -1.41. The molecule has 14 heavy (non-hydrogen) atoms. The number of hydrogen-bond acceptors (Lipinski definition) is 2. The monoisotopic (exact) mass is 185 g/mol. The lowest BCUT2D eigenvalue weighted by atomic mass is 10.1. The summed E-state index contributed by atoms with van der Waals surface area (Å²) in [4.78, 5) is 4.31. The summed E-state index contributed by atoms with van der Waals surface area (Å²) in [5, 5.41) is 4.44. The molecule has 0 aliphatic rings. The van der Waals surface area contributed by atoms with Crippen molar-refractivity contribution in [1.29, 1.82) is 0 Å². The van der Waals surface area contributed by atoms with Crippen molar-refractivity contribution in [3.8, 4) is 0 Å². The van der Waals surface area contributed by atoms with Gasteiger partial charge in [0.25, 0.3) is 0 Å². The van der Waals surface area contributed by atoms with E-state index in [-0.39, 0.29) is 0 Å². The van der Waals surface area contributed by atoms with E-state index < -0.39 is 0 Å². The van der Waals surface area contributed by atoms with Crippen LogP contribution in [0, 0.1) is 6.92 Å². The van der Waals surface area contributed by atoms with Gasteiger partial charge < -0.3 is 5.32 Å². The maximum Gasteiger partial charge on any atom is 0.0705 e. The van der Waals surface area contributed by atoms with Gasteiger partial charge in [-0.15, -0.1) is 0 Å². The number of nitrogens with zero attached hydrogens (tertiary/aromatic N) is 1. The van der Waals surface area contributed by atoms with E-state index in [0.717, 1.165) is 18.6 Å². The van der Waals surface area contributed by atoms with Crippen LogP contribution in [-0.2, 0) is 6.54 Å². The van der Waals surface area contributed by atoms with Gasteiger partial charge in [0, 0.05) is 18.1 Å². The molecule has 2 rings (SSSR count). The standard InChI is InChI=1S/C12H13N2/c1-2-13-9-10-7-8-14-12-6-4-3-5-11(10)12/h3-8,13H,1-2,9H2. The lowest BCUT2D eigenvalue weighted by Crippen LogP contribution is -2.12. The number of benzene rings is 1. The molecule has 1 N–H and O–H groups in total. The molecule has 0 bridgehead atoms. The summed E-state index contributed by atoms with van der Waals surface area (Å²) in [5.41, 5.74) is 2.33. The van der Waals surface area contributed by atoms with Crippen molar-refractivity contribution >= 4 is 10.9 Å². The molecule has 0 aliphatic heterocycles. The molecule has 0 saturated carbocycles. The molecular weight excluding hydrogens is 172 g/mol. The SMILES string of the molecule is [CH2]CNCc1ccnc2ccccc12. The van der Waals surface area contributed by atoms with Gasteiger partial charge in [-0.25, -0.2) is 0 Å². The third-order valence-corrected chi connectivity index (χ3v) is 2.23. The molecule has 71 valence electrons. The van der Waals surface area contributed by atoms with Gasteiger partial charge in [0.1, 0.15) is 0 Å². The van der Waals surface area contributed by atoms with Crippen LogP contribution in [-0.4, -0.2) is 11.5 Å². The summed E-state index contributed by atoms with van der Waals surface area (Å²) < 4.78 is 0. The van der Waals surface area contributed by atoms with Gasteiger partial charge in [-0.2, -0.15) is 0 Å². The lowest BCUT2D eigenvalue weighted by Gasteiger charge is -2.05. The van der Waals surface area contributed by atoms with E-state index in [2.05, 4.69) is 23.3 Å². The predicted octanol–water partition coefficient (Wildman–Crippen LogP) is 2.16. The molecule has 0 saturated heterocycles. The van der Waals surface area contributed by atoms with Gasteiger partial charge in [0.2, 0.25) is 0 Å². The van der Waals surface area contributed by atoms with Crippen molar-refractivity contribution in [1.82, 2.24) is 10.3 Å². The Morgan fingerprint density at radius 3 is 2.93 bits per heavy atom. The molecule has 0 aliphatic carbocycles. The molecule has 2 aromatic rings. The number of pyridine rings is 1. The molecule has 0 unspecified atom stereocenters. The van der Waals surface area contributed by atoms with Crippen LogP contribution in [0.15, 0.2) is 36.5 Å². The van der Waals surface area contributed by atoms with Crippen LogP contribution in [0.1, 0.15) is 5.56 Å². The van der Waals surface area contributed by atoms with Gasteiger partial charge in [-0.1, -0.05) is 18.2 Å². The summed E-state index contributed by atoms with van der Waals surface area (Å²) >= 11 is 0. The Bertz CT molecular complexity index is 418. The van der Waals surface area contributed by atoms with Crippen LogP contribution >= 0.6 is 0 Å². The van der Waals surface area contributed by atoms with Gasteiger partial charge in [0.05, 0.1) is 5.52 Å². The van der Waals surface area contributed by atoms with Crippen molar-refractivity contribution < 1.29 is 0 Å². The van der Waals surface area contributed by atoms with Crippen molar-refractivity contribution in [2.75, 3.05) is 6.54 Å². The molecule has 1 aromatic carbocycles. The first-order valence-corrected chi connectivity index (χ1v) is 4.74. The molecule has 2 heteroatoms. The quantitative estimate of drug-likeness (QED) is 0.792. The Balaban J connectivity index is 2.43. The number of hydrogen-bond donors (Lipinski definition) is 1. The average molecular weight is 185 g/mol. The van der Waals surface area contributed by atoms with Crippen LogP contribution in [0.2, 0.25) is 0 Å². The summed E-state index contributed by atoms with van der Waals surface area (Å²) in [7, 11) is 0. The van der Waals surface area contributed by atoms with Crippen LogP contribution < -0.4 is 5.32 Å². The first kappa shape index (κ1) is 9.16. The van der Waals surface area contributed by atoms with E-state index in [0.29, 0.717) is 0 Å². The van der Waals surface area contributed by atoms with E-state index in [1.165, 1.54) is 10.9 Å². The van der Waals surface area contributed by atoms with E-state index in [9.17, 15) is 0 Å². The Morgan fingerprint density at radius 2 is 2.07 bits per heavy atom. The number of para-hydroxylation sites is 1. The molecule has 0 spiro atoms. The molecule has 1 heterocycles. The molecular formula is C12H13N2. The minimum absolute atomic E-state index is 0.747. The van der Waals surface area contributed by atoms with Crippen molar-refractivity contribution in [3.63, 3.8) is 0 Å². The first-order chi connectivity index (χ1) is 6.92. The van der Waals surface area contributed by atoms with Crippen molar-refractivity contribution in [2.24, 2.45) is 0 Å². The van der Waals surface area contributed by atoms with E-state index in [4.69, 9.17) is 0 Å². The predicted molar refractivity (Wildman–Crippen MR) is 58.8 cm³/mol. The van der Waals surface area contributed by atoms with E-state index in [1.807, 2.05) is 30.5 Å². The zero-order chi connectivity index (χ0) is 9.80. The zero-order valence-electron chi connectivity index (χ0n) is 8.03. The fraction of sp³-hybridized carbons (Fsp3) is 0.167. The van der Waals surface area contributed by atoms with Gasteiger partial charge in [-0.05, 0) is 31.2 Å². The molecule has 1 radical (unpaired) electrons. The largest absolute Gasteiger partial charge is 0.313 e. The minimum atomic E-state index is 0.747. The molecule has 0 amide bonds. The van der Waals surface area contributed by atoms with Crippen LogP contribution in [0.25, 0.3) is 10.9 Å². The van der Waals surface area contributed by atoms with E-state index in [1.54, 1.807) is 0 Å². The Kier molecular flexibility index (Phi) is 2.75. The molecule has 0 fully saturated rings. The minimum Gasteiger partial charge on any atom is -0.313 e. The Morgan fingerprint density at radius 1 is 1.21 bits per heavy atom. The number of rotatable bonds is 3. The average Bonchev–Trinajstić information content (AvgIpc) is 2.26. The highest BCUT2D eigenvalue weighted by Crippen LogP contribution is 2.15. The van der Waals surface area contributed by atoms with Gasteiger partial charge in [-0.3, -0.25) is 4.98 Å². The molecule has 1 aromatic heterocycles. The number of aromatic nitrogens is 1. The van der Waals surface area contributed by atoms with Crippen molar-refractivity contribution in [3.05, 3.63) is 49.0 Å². The smallest absolute Gasteiger partial charge is 0.0705 e. The lowest BCUT2D eigenvalue weighted by molar-refractivity contribution is 0.762. The van der Waals surface area contributed by atoms with Crippen LogP contribution in [0.5, 0.6) is 0 Å². The van der Waals surface area contributed by atoms with E-state index >= 15 is 0 Å². The summed E-state index contributed by atoms with van der Waals surface area (Å²) in [6.45, 7) is 5.35. The highest BCUT2D eigenvalue weighted by molar-refractivity contribution is 5.81. The second kappa shape index (κ2) is 4.20. The molecule has 2 nitrogen and oxygen atoms in total. The highest BCUT2D eigenvalue weighted by Gasteiger charge is 1.99. The maximum atomic E-state index is 4.31.